The van der Waals surface area contributed by atoms with Crippen LogP contribution >= 0.6 is 11.6 Å². The highest BCUT2D eigenvalue weighted by Crippen LogP contribution is 2.51. The van der Waals surface area contributed by atoms with E-state index in [0.717, 1.165) is 147 Å². The molecule has 0 radical (unpaired) electrons. The molecule has 0 spiro atoms. The second-order valence-corrected chi connectivity index (χ2v) is 36.8. The van der Waals surface area contributed by atoms with Crippen molar-refractivity contribution < 1.29 is 100 Å². The summed E-state index contributed by atoms with van der Waals surface area (Å²) in [7, 11) is 8.05. The summed E-state index contributed by atoms with van der Waals surface area (Å²) in [6, 6.07) is 57.8. The van der Waals surface area contributed by atoms with Crippen molar-refractivity contribution in [3.8, 4) is 28.7 Å². The number of ketones is 8. The third-order valence-corrected chi connectivity index (χ3v) is 28.4. The van der Waals surface area contributed by atoms with Gasteiger partial charge in [-0.3, -0.25) is 62.5 Å². The van der Waals surface area contributed by atoms with Gasteiger partial charge < -0.3 is 42.6 Å². The van der Waals surface area contributed by atoms with E-state index in [1.54, 1.807) is 60.1 Å². The van der Waals surface area contributed by atoms with Gasteiger partial charge in [0.2, 0.25) is 0 Å². The number of ether oxygens (including phenoxy) is 9. The van der Waals surface area contributed by atoms with Crippen LogP contribution in [0, 0.1) is 47.3 Å². The Balaban J connectivity index is 0.000000149. The molecule has 23 heteroatoms. The minimum absolute atomic E-state index is 0.0151. The summed E-state index contributed by atoms with van der Waals surface area (Å²) >= 11 is 6.12. The summed E-state index contributed by atoms with van der Waals surface area (Å²) in [5.74, 6) is -6.70. The molecule has 5 heterocycles. The number of carbonyl (C=O) groups excluding carboxylic acids is 12. The van der Waals surface area contributed by atoms with Crippen molar-refractivity contribution in [3.05, 3.63) is 250 Å². The van der Waals surface area contributed by atoms with Crippen LogP contribution in [0.2, 0.25) is 5.02 Å². The van der Waals surface area contributed by atoms with Crippen LogP contribution in [-0.4, -0.2) is 133 Å². The normalized spacial score (nSPS) is 23.4. The molecule has 690 valence electrons. The van der Waals surface area contributed by atoms with E-state index in [-0.39, 0.29) is 110 Å². The highest BCUT2D eigenvalue weighted by molar-refractivity contribution is 6.30. The third kappa shape index (κ3) is 24.3. The smallest absolute Gasteiger partial charge is 0.324 e. The first-order valence-electron chi connectivity index (χ1n) is 46.3. The van der Waals surface area contributed by atoms with Crippen molar-refractivity contribution in [1.29, 1.82) is 0 Å². The fraction of sp³-hybridized carbons (Fsp3) is 0.454. The number of halogens is 1. The zero-order valence-electron chi connectivity index (χ0n) is 75.7. The van der Waals surface area contributed by atoms with Gasteiger partial charge in [-0.05, 0) is 213 Å². The van der Waals surface area contributed by atoms with Crippen LogP contribution in [0.3, 0.4) is 0 Å². The third-order valence-electron chi connectivity index (χ3n) is 28.1. The van der Waals surface area contributed by atoms with Crippen LogP contribution in [-0.2, 0) is 128 Å². The standard InChI is InChI=1S/C28H32O6.C27H31NO6.C27H30O5.C26H27ClO4/c1-32-22-13-12-20(25(17-22)33-2)14-15-28(21-10-6-7-11-21)18-24(30)26(27(31)34-28)23(29)16-19-8-4-3-5-9-19;1-32-21-10-9-19(24(15-21)33-2)11-12-27(20-7-3-4-8-20)16-23(30)25(26(31)34-27)22(29)14-18-6-5-13-28-17-18;1-31-22-13-11-19(12-14-22)15-16-27(21-9-5-6-10-21)18-24(29)25(26(30)32-27)23(28)17-20-7-3-2-4-8-20;27-21-12-6-9-19(15-21)13-14-26(20-10-4-5-11-20)17-23(29)24(25(30)31-26)22(28)16-18-7-2-1-3-8-18/h3-5,8-9,12-13,17,21,26H,6-7,10-11,14-16,18H2,1-2H3;5-6,9-10,13,15,17,20,25H,3-4,7-8,11-12,14,16H2,1-2H3;2-4,7-8,11-14,21,25H,5-6,9-10,15-18H2,1H3;1-3,6-9,12,15,20,24H,4-5,10-11,13-14,16-17H2. The second kappa shape index (κ2) is 45.4. The maximum absolute atomic E-state index is 13.3. The van der Waals surface area contributed by atoms with E-state index in [4.69, 9.17) is 54.2 Å². The molecule has 8 aliphatic rings. The van der Waals surface area contributed by atoms with E-state index < -0.39 is 81.5 Å². The maximum atomic E-state index is 13.3. The first kappa shape index (κ1) is 96.8. The summed E-state index contributed by atoms with van der Waals surface area (Å²) in [4.78, 5) is 160. The van der Waals surface area contributed by atoms with E-state index in [0.29, 0.717) is 85.0 Å². The Morgan fingerprint density at radius 1 is 0.321 bits per heavy atom. The van der Waals surface area contributed by atoms with Crippen LogP contribution in [0.4, 0.5) is 0 Å². The molecule has 16 rings (SSSR count). The molecule has 4 aliphatic carbocycles. The number of Topliss-reactive ketones (excluding diaryl/α,β-unsaturated/α-hetero) is 8. The van der Waals surface area contributed by atoms with Gasteiger partial charge in [-0.15, -0.1) is 0 Å². The molecule has 8 fully saturated rings. The Morgan fingerprint density at radius 3 is 0.916 bits per heavy atom. The number of esters is 4. The van der Waals surface area contributed by atoms with Gasteiger partial charge in [0.15, 0.2) is 69.9 Å². The number of aromatic nitrogens is 1. The molecule has 4 aliphatic heterocycles. The van der Waals surface area contributed by atoms with Crippen LogP contribution in [0.25, 0.3) is 0 Å². The number of cyclic esters (lactones) is 4. The Bertz CT molecular complexity index is 5080. The summed E-state index contributed by atoms with van der Waals surface area (Å²) in [6.45, 7) is 0. The number of methoxy groups -OCH3 is 5. The van der Waals surface area contributed by atoms with E-state index in [1.807, 2.05) is 176 Å². The molecule has 1 aromatic heterocycles. The van der Waals surface area contributed by atoms with Crippen LogP contribution < -0.4 is 23.7 Å². The number of aryl methyl sites for hydroxylation is 4. The predicted molar refractivity (Wildman–Crippen MR) is 491 cm³/mol. The number of pyridine rings is 1. The fourth-order valence-corrected chi connectivity index (χ4v) is 21.4. The van der Waals surface area contributed by atoms with Crippen LogP contribution in [0.15, 0.2) is 200 Å². The van der Waals surface area contributed by atoms with E-state index >= 15 is 0 Å². The molecular weight excluding hydrogens is 1680 g/mol. The van der Waals surface area contributed by atoms with Gasteiger partial charge in [-0.1, -0.05) is 196 Å². The first-order valence-corrected chi connectivity index (χ1v) is 46.7. The lowest BCUT2D eigenvalue weighted by Gasteiger charge is -2.42. The molecule has 131 heavy (non-hydrogen) atoms. The molecule has 0 amide bonds. The second-order valence-electron chi connectivity index (χ2n) is 36.4. The molecule has 7 aromatic carbocycles. The lowest BCUT2D eigenvalue weighted by molar-refractivity contribution is -0.188. The monoisotopic (exact) mass is 1800 g/mol. The number of hydrogen-bond donors (Lipinski definition) is 0. The number of carbonyl (C=O) groups is 12. The molecular formula is C108H120ClNO21. The van der Waals surface area contributed by atoms with Crippen molar-refractivity contribution in [3.63, 3.8) is 0 Å². The number of hydrogen-bond acceptors (Lipinski definition) is 22. The highest BCUT2D eigenvalue weighted by Gasteiger charge is 2.58. The fourth-order valence-electron chi connectivity index (χ4n) is 21.1. The van der Waals surface area contributed by atoms with Gasteiger partial charge in [0, 0.05) is 80.9 Å². The quantitative estimate of drug-likeness (QED) is 0.0210. The summed E-state index contributed by atoms with van der Waals surface area (Å²) in [6.07, 6.45) is 24.4. The summed E-state index contributed by atoms with van der Waals surface area (Å²) in [5, 5.41) is 0.663. The van der Waals surface area contributed by atoms with Crippen molar-refractivity contribution in [2.45, 2.75) is 228 Å². The summed E-state index contributed by atoms with van der Waals surface area (Å²) in [5.41, 5.74) is 3.73. The number of benzene rings is 7. The molecule has 4 saturated heterocycles. The van der Waals surface area contributed by atoms with Gasteiger partial charge in [0.25, 0.3) is 0 Å². The average Bonchev–Trinajstić information content (AvgIpc) is 1.77. The van der Waals surface area contributed by atoms with Gasteiger partial charge in [-0.25, -0.2) is 0 Å². The van der Waals surface area contributed by atoms with Crippen molar-refractivity contribution in [2.75, 3.05) is 35.5 Å². The number of rotatable bonds is 33. The molecule has 22 nitrogen and oxygen atoms in total. The van der Waals surface area contributed by atoms with Gasteiger partial charge >= 0.3 is 23.9 Å². The zero-order valence-corrected chi connectivity index (χ0v) is 76.5. The summed E-state index contributed by atoms with van der Waals surface area (Å²) < 4.78 is 51.1. The Morgan fingerprint density at radius 2 is 0.618 bits per heavy atom. The number of nitrogens with zero attached hydrogens (tertiary/aromatic N) is 1. The van der Waals surface area contributed by atoms with Gasteiger partial charge in [-0.2, -0.15) is 0 Å². The van der Waals surface area contributed by atoms with Crippen molar-refractivity contribution >= 4 is 81.7 Å². The maximum Gasteiger partial charge on any atom is 0.324 e. The topological polar surface area (TPSA) is 301 Å². The zero-order chi connectivity index (χ0) is 92.7. The largest absolute Gasteiger partial charge is 0.497 e. The predicted octanol–water partition coefficient (Wildman–Crippen LogP) is 18.1. The highest BCUT2D eigenvalue weighted by atomic mass is 35.5. The molecule has 4 saturated carbocycles. The minimum atomic E-state index is -1.36. The molecule has 0 bridgehead atoms. The SMILES string of the molecule is COc1ccc(CCC2(C3CCCC3)CC(=O)C(C(=O)Cc3ccccc3)C(=O)O2)c(OC)c1.COc1ccc(CCC2(C3CCCC3)CC(=O)C(C(=O)Cc3ccccc3)C(=O)O2)cc1.COc1ccc(CCC2(C3CCCC3)CC(=O)C(C(=O)Cc3cccnc3)C(=O)O2)c(OC)c1.O=C(Cc1ccccc1)C1C(=O)CC(CCc2cccc(Cl)c2)(C2CCCC2)OC1=O. The first-order chi connectivity index (χ1) is 63.4. The average molecular weight is 1800 g/mol. The molecule has 8 unspecified atom stereocenters. The Hall–Kier alpha value is -11.8. The molecule has 8 atom stereocenters. The van der Waals surface area contributed by atoms with Crippen LogP contribution in [0.5, 0.6) is 28.7 Å². The van der Waals surface area contributed by atoms with Gasteiger partial charge in [0.1, 0.15) is 51.2 Å². The van der Waals surface area contributed by atoms with E-state index in [2.05, 4.69) is 4.98 Å². The molecule has 8 aromatic rings. The van der Waals surface area contributed by atoms with Gasteiger partial charge in [0.05, 0.1) is 35.5 Å². The Labute approximate surface area is 772 Å². The lowest BCUT2D eigenvalue weighted by Crippen LogP contribution is -2.53. The van der Waals surface area contributed by atoms with Crippen molar-refractivity contribution in [2.24, 2.45) is 47.3 Å². The van der Waals surface area contributed by atoms with Crippen LogP contribution in [0.1, 0.15) is 199 Å². The lowest BCUT2D eigenvalue weighted by atomic mass is 9.73. The van der Waals surface area contributed by atoms with E-state index in [1.165, 1.54) is 0 Å². The van der Waals surface area contributed by atoms with Crippen molar-refractivity contribution in [1.82, 2.24) is 4.98 Å². The Kier molecular flexibility index (Phi) is 33.5. The minimum Gasteiger partial charge on any atom is -0.497 e. The van der Waals surface area contributed by atoms with E-state index in [9.17, 15) is 57.5 Å². The molecule has 0 N–H and O–H groups in total.